The van der Waals surface area contributed by atoms with Crippen molar-refractivity contribution < 1.29 is 9.50 Å². The highest BCUT2D eigenvalue weighted by molar-refractivity contribution is 5.81. The Labute approximate surface area is 193 Å². The number of aliphatic hydroxyl groups is 1. The predicted octanol–water partition coefficient (Wildman–Crippen LogP) is 3.15. The number of halogens is 1. The molecule has 1 saturated carbocycles. The largest absolute Gasteiger partial charge is 0.361 e. The lowest BCUT2D eigenvalue weighted by molar-refractivity contribution is 0.149. The van der Waals surface area contributed by atoms with E-state index in [0.717, 1.165) is 61.1 Å². The Morgan fingerprint density at radius 3 is 2.79 bits per heavy atom. The SMILES string of the molecule is OC(Nc1ccc2ncc(-c3cnn(CCCN4CC[C@@H](F)C4)c3)cc2n1)NC1CCCC1. The number of pyridine rings is 2. The van der Waals surface area contributed by atoms with Crippen molar-refractivity contribution in [1.82, 2.24) is 30.0 Å². The number of rotatable bonds is 9. The number of aliphatic hydroxyl groups excluding tert-OH is 1. The molecule has 2 fully saturated rings. The molecule has 1 aliphatic carbocycles. The summed E-state index contributed by atoms with van der Waals surface area (Å²) in [4.78, 5) is 11.4. The zero-order valence-corrected chi connectivity index (χ0v) is 18.8. The Hall–Kier alpha value is -2.62. The van der Waals surface area contributed by atoms with Gasteiger partial charge in [-0.3, -0.25) is 15.0 Å². The molecule has 0 spiro atoms. The third-order valence-corrected chi connectivity index (χ3v) is 6.61. The molecule has 176 valence electrons. The van der Waals surface area contributed by atoms with Crippen LogP contribution in [0.15, 0.2) is 36.8 Å². The number of hydrogen-bond donors (Lipinski definition) is 3. The van der Waals surface area contributed by atoms with Crippen molar-refractivity contribution in [3.63, 3.8) is 0 Å². The van der Waals surface area contributed by atoms with Crippen LogP contribution in [0.4, 0.5) is 10.2 Å². The van der Waals surface area contributed by atoms with Crippen molar-refractivity contribution >= 4 is 16.9 Å². The van der Waals surface area contributed by atoms with E-state index in [0.29, 0.717) is 24.8 Å². The fourth-order valence-corrected chi connectivity index (χ4v) is 4.82. The molecule has 0 bridgehead atoms. The molecule has 3 N–H and O–H groups in total. The van der Waals surface area contributed by atoms with E-state index in [1.807, 2.05) is 41.5 Å². The first-order valence-corrected chi connectivity index (χ1v) is 12.0. The number of likely N-dealkylation sites (tertiary alicyclic amines) is 1. The van der Waals surface area contributed by atoms with Gasteiger partial charge in [-0.25, -0.2) is 9.37 Å². The summed E-state index contributed by atoms with van der Waals surface area (Å²) >= 11 is 0. The van der Waals surface area contributed by atoms with Gasteiger partial charge in [0, 0.05) is 55.7 Å². The van der Waals surface area contributed by atoms with Crippen LogP contribution < -0.4 is 10.6 Å². The fraction of sp³-hybridized carbons (Fsp3) is 0.542. The second kappa shape index (κ2) is 10.1. The molecule has 1 saturated heterocycles. The molecule has 0 aromatic carbocycles. The van der Waals surface area contributed by atoms with Crippen molar-refractivity contribution in [2.24, 2.45) is 0 Å². The molecule has 9 heteroatoms. The summed E-state index contributed by atoms with van der Waals surface area (Å²) < 4.78 is 15.2. The maximum atomic E-state index is 13.3. The lowest BCUT2D eigenvalue weighted by Gasteiger charge is -2.19. The minimum Gasteiger partial charge on any atom is -0.361 e. The first-order chi connectivity index (χ1) is 16.1. The molecule has 0 radical (unpaired) electrons. The normalized spacial score (nSPS) is 20.6. The molecule has 1 aliphatic heterocycles. The van der Waals surface area contributed by atoms with Crippen LogP contribution >= 0.6 is 0 Å². The van der Waals surface area contributed by atoms with Gasteiger partial charge in [-0.2, -0.15) is 5.10 Å². The van der Waals surface area contributed by atoms with Crippen LogP contribution in [0, 0.1) is 0 Å². The van der Waals surface area contributed by atoms with Crippen LogP contribution in [0.25, 0.3) is 22.2 Å². The Balaban J connectivity index is 1.21. The van der Waals surface area contributed by atoms with E-state index in [1.54, 1.807) is 0 Å². The number of alkyl halides is 1. The minimum atomic E-state index is -0.830. The van der Waals surface area contributed by atoms with E-state index in [-0.39, 0.29) is 0 Å². The Morgan fingerprint density at radius 1 is 1.09 bits per heavy atom. The van der Waals surface area contributed by atoms with Crippen molar-refractivity contribution in [3.05, 3.63) is 36.8 Å². The van der Waals surface area contributed by atoms with Gasteiger partial charge < -0.3 is 15.3 Å². The molecular formula is C24H32FN7O. The summed E-state index contributed by atoms with van der Waals surface area (Å²) in [6, 6.07) is 6.09. The topological polar surface area (TPSA) is 91.1 Å². The van der Waals surface area contributed by atoms with Crippen molar-refractivity contribution in [3.8, 4) is 11.1 Å². The van der Waals surface area contributed by atoms with Gasteiger partial charge in [0.05, 0.1) is 17.2 Å². The van der Waals surface area contributed by atoms with Gasteiger partial charge in [-0.15, -0.1) is 0 Å². The van der Waals surface area contributed by atoms with Crippen LogP contribution in [-0.4, -0.2) is 68.0 Å². The number of nitrogens with one attached hydrogen (secondary N) is 2. The van der Waals surface area contributed by atoms with Gasteiger partial charge >= 0.3 is 0 Å². The summed E-state index contributed by atoms with van der Waals surface area (Å²) in [7, 11) is 0. The number of fused-ring (bicyclic) bond motifs is 1. The molecule has 2 atom stereocenters. The Kier molecular flexibility index (Phi) is 6.80. The average molecular weight is 454 g/mol. The van der Waals surface area contributed by atoms with Gasteiger partial charge in [0.15, 0.2) is 6.35 Å². The number of aryl methyl sites for hydroxylation is 1. The van der Waals surface area contributed by atoms with E-state index >= 15 is 0 Å². The van der Waals surface area contributed by atoms with E-state index in [1.165, 1.54) is 12.8 Å². The van der Waals surface area contributed by atoms with Crippen LogP contribution in [0.1, 0.15) is 38.5 Å². The molecule has 8 nitrogen and oxygen atoms in total. The maximum Gasteiger partial charge on any atom is 0.182 e. The monoisotopic (exact) mass is 453 g/mol. The first-order valence-electron chi connectivity index (χ1n) is 12.0. The van der Waals surface area contributed by atoms with Gasteiger partial charge in [0.1, 0.15) is 12.0 Å². The molecule has 33 heavy (non-hydrogen) atoms. The van der Waals surface area contributed by atoms with Crippen LogP contribution in [0.3, 0.4) is 0 Å². The highest BCUT2D eigenvalue weighted by Crippen LogP contribution is 2.23. The van der Waals surface area contributed by atoms with E-state index < -0.39 is 12.5 Å². The first kappa shape index (κ1) is 22.2. The standard InChI is InChI=1S/C24H32FN7O/c25-19-8-11-31(16-19)9-3-10-32-15-18(14-27-32)17-12-22-21(26-13-17)6-7-23(29-22)30-24(33)28-20-4-1-2-5-20/h6-7,12-15,19-20,24,28,33H,1-5,8-11,16H2,(H,29,30)/t19-,24?/m1/s1. The summed E-state index contributed by atoms with van der Waals surface area (Å²) in [5.41, 5.74) is 3.49. The Morgan fingerprint density at radius 2 is 1.97 bits per heavy atom. The lowest BCUT2D eigenvalue weighted by Crippen LogP contribution is -2.41. The third kappa shape index (κ3) is 5.66. The van der Waals surface area contributed by atoms with Gasteiger partial charge in [0.25, 0.3) is 0 Å². The van der Waals surface area contributed by atoms with Gasteiger partial charge in [0.2, 0.25) is 0 Å². The number of hydrogen-bond acceptors (Lipinski definition) is 7. The molecule has 2 aliphatic rings. The van der Waals surface area contributed by atoms with Crippen molar-refractivity contribution in [1.29, 1.82) is 0 Å². The van der Waals surface area contributed by atoms with Crippen molar-refractivity contribution in [2.75, 3.05) is 25.0 Å². The number of aromatic nitrogens is 4. The summed E-state index contributed by atoms with van der Waals surface area (Å²) in [6.45, 7) is 3.11. The molecule has 0 amide bonds. The number of anilines is 1. The zero-order valence-electron chi connectivity index (χ0n) is 18.8. The zero-order chi connectivity index (χ0) is 22.6. The summed E-state index contributed by atoms with van der Waals surface area (Å²) in [5.74, 6) is 0.604. The van der Waals surface area contributed by atoms with E-state index in [2.05, 4.69) is 30.6 Å². The van der Waals surface area contributed by atoms with Crippen molar-refractivity contribution in [2.45, 2.75) is 63.6 Å². The Bertz CT molecular complexity index is 1070. The highest BCUT2D eigenvalue weighted by atomic mass is 19.1. The summed E-state index contributed by atoms with van der Waals surface area (Å²) in [6.07, 6.45) is 10.4. The average Bonchev–Trinajstić information content (AvgIpc) is 3.56. The quantitative estimate of drug-likeness (QED) is 0.429. The van der Waals surface area contributed by atoms with Gasteiger partial charge in [-0.1, -0.05) is 12.8 Å². The second-order valence-electron chi connectivity index (χ2n) is 9.19. The maximum absolute atomic E-state index is 13.3. The minimum absolute atomic E-state index is 0.355. The van der Waals surface area contributed by atoms with Crippen LogP contribution in [-0.2, 0) is 6.54 Å². The van der Waals surface area contributed by atoms with E-state index in [4.69, 9.17) is 0 Å². The van der Waals surface area contributed by atoms with Crippen LogP contribution in [0.2, 0.25) is 0 Å². The van der Waals surface area contributed by atoms with E-state index in [9.17, 15) is 9.50 Å². The third-order valence-electron chi connectivity index (χ3n) is 6.61. The van der Waals surface area contributed by atoms with Crippen LogP contribution in [0.5, 0.6) is 0 Å². The molecule has 3 aromatic heterocycles. The number of nitrogens with zero attached hydrogens (tertiary/aromatic N) is 5. The molecule has 4 heterocycles. The molecule has 1 unspecified atom stereocenters. The fourth-order valence-electron chi connectivity index (χ4n) is 4.82. The molecule has 5 rings (SSSR count). The molecular weight excluding hydrogens is 421 g/mol. The van der Waals surface area contributed by atoms with Gasteiger partial charge in [-0.05, 0) is 43.9 Å². The lowest BCUT2D eigenvalue weighted by atomic mass is 10.1. The highest BCUT2D eigenvalue weighted by Gasteiger charge is 2.21. The molecule has 3 aromatic rings. The second-order valence-corrected chi connectivity index (χ2v) is 9.19. The predicted molar refractivity (Wildman–Crippen MR) is 126 cm³/mol. The summed E-state index contributed by atoms with van der Waals surface area (Å²) in [5, 5.41) is 21.0. The smallest absolute Gasteiger partial charge is 0.182 e.